The van der Waals surface area contributed by atoms with Crippen molar-refractivity contribution < 1.29 is 14.3 Å². The number of thioether (sulfide) groups is 1. The smallest absolute Gasteiger partial charge is 0.269 e. The van der Waals surface area contributed by atoms with Gasteiger partial charge in [0.15, 0.2) is 0 Å². The number of methoxy groups -OCH3 is 1. The Morgan fingerprint density at radius 1 is 1.15 bits per heavy atom. The van der Waals surface area contributed by atoms with Gasteiger partial charge in [-0.25, -0.2) is 0 Å². The predicted octanol–water partition coefficient (Wildman–Crippen LogP) is 4.65. The van der Waals surface area contributed by atoms with Gasteiger partial charge < -0.3 is 9.47 Å². The molecule has 0 saturated carbocycles. The molecule has 1 fully saturated rings. The van der Waals surface area contributed by atoms with E-state index in [0.29, 0.717) is 40.2 Å². The Balaban J connectivity index is 1.82. The third-order valence-electron chi connectivity index (χ3n) is 5.47. The minimum Gasteiger partial charge on any atom is -0.438 e. The molecule has 1 saturated heterocycles. The summed E-state index contributed by atoms with van der Waals surface area (Å²) in [4.78, 5) is 33.1. The van der Waals surface area contributed by atoms with Gasteiger partial charge in [0.25, 0.3) is 11.5 Å². The molecule has 3 aromatic rings. The Morgan fingerprint density at radius 2 is 1.94 bits per heavy atom. The molecule has 7 nitrogen and oxygen atoms in total. The molecule has 2 aromatic heterocycles. The predicted molar refractivity (Wildman–Crippen MR) is 139 cm³/mol. The van der Waals surface area contributed by atoms with Gasteiger partial charge in [0.1, 0.15) is 21.3 Å². The lowest BCUT2D eigenvalue weighted by atomic mass is 10.1. The lowest BCUT2D eigenvalue weighted by molar-refractivity contribution is -0.122. The standard InChI is InChI=1S/C25H25N3O4S2/c1-15-8-9-19(17(3)13-15)32-22-18(23(29)27-10-5-7-16(2)21(27)26-22)14-20-24(30)28(25(33)34-20)11-6-12-31-4/h5,7-10,13-14H,6,11-12H2,1-4H3/b20-14+. The Hall–Kier alpha value is -3.01. The summed E-state index contributed by atoms with van der Waals surface area (Å²) in [6.07, 6.45) is 3.86. The average molecular weight is 496 g/mol. The van der Waals surface area contributed by atoms with Gasteiger partial charge in [0.2, 0.25) is 5.88 Å². The van der Waals surface area contributed by atoms with Crippen molar-refractivity contribution in [3.05, 3.63) is 74.0 Å². The first kappa shape index (κ1) is 24.1. The van der Waals surface area contributed by atoms with Gasteiger partial charge in [0, 0.05) is 26.5 Å². The lowest BCUT2D eigenvalue weighted by Gasteiger charge is -2.14. The van der Waals surface area contributed by atoms with E-state index in [9.17, 15) is 9.59 Å². The van der Waals surface area contributed by atoms with Crippen LogP contribution in [0.25, 0.3) is 11.7 Å². The Morgan fingerprint density at radius 3 is 2.68 bits per heavy atom. The molecule has 0 N–H and O–H groups in total. The highest BCUT2D eigenvalue weighted by Crippen LogP contribution is 2.34. The number of ether oxygens (including phenoxy) is 2. The summed E-state index contributed by atoms with van der Waals surface area (Å²) in [5.41, 5.74) is 3.23. The topological polar surface area (TPSA) is 73.1 Å². The third-order valence-corrected chi connectivity index (χ3v) is 6.84. The van der Waals surface area contributed by atoms with Crippen molar-refractivity contribution >= 4 is 45.9 Å². The van der Waals surface area contributed by atoms with Crippen LogP contribution in [0.3, 0.4) is 0 Å². The monoisotopic (exact) mass is 495 g/mol. The van der Waals surface area contributed by atoms with Gasteiger partial charge in [-0.05, 0) is 56.5 Å². The second kappa shape index (κ2) is 10.1. The van der Waals surface area contributed by atoms with Crippen LogP contribution in [0.2, 0.25) is 0 Å². The van der Waals surface area contributed by atoms with Crippen molar-refractivity contribution in [2.75, 3.05) is 20.3 Å². The number of carbonyl (C=O) groups is 1. The molecule has 0 spiro atoms. The van der Waals surface area contributed by atoms with Crippen LogP contribution in [0, 0.1) is 20.8 Å². The van der Waals surface area contributed by atoms with E-state index < -0.39 is 0 Å². The summed E-state index contributed by atoms with van der Waals surface area (Å²) in [6.45, 7) is 6.80. The van der Waals surface area contributed by atoms with Gasteiger partial charge in [-0.2, -0.15) is 4.98 Å². The number of aromatic nitrogens is 2. The number of thiocarbonyl (C=S) groups is 1. The van der Waals surface area contributed by atoms with Gasteiger partial charge in [0.05, 0.1) is 4.91 Å². The van der Waals surface area contributed by atoms with Crippen molar-refractivity contribution in [1.82, 2.24) is 14.3 Å². The summed E-state index contributed by atoms with van der Waals surface area (Å²) in [6, 6.07) is 9.46. The SMILES string of the molecule is COCCCN1C(=O)/C(=C\c2c(Oc3ccc(C)cc3C)nc3c(C)cccn3c2=O)SC1=S. The van der Waals surface area contributed by atoms with E-state index in [0.717, 1.165) is 16.7 Å². The summed E-state index contributed by atoms with van der Waals surface area (Å²) < 4.78 is 13.2. The number of amides is 1. The van der Waals surface area contributed by atoms with Crippen molar-refractivity contribution in [2.45, 2.75) is 27.2 Å². The minimum absolute atomic E-state index is 0.149. The molecule has 3 heterocycles. The minimum atomic E-state index is -0.321. The summed E-state index contributed by atoms with van der Waals surface area (Å²) >= 11 is 6.58. The molecule has 1 aromatic carbocycles. The molecule has 9 heteroatoms. The van der Waals surface area contributed by atoms with Crippen LogP contribution in [-0.2, 0) is 9.53 Å². The van der Waals surface area contributed by atoms with Gasteiger partial charge >= 0.3 is 0 Å². The van der Waals surface area contributed by atoms with E-state index in [-0.39, 0.29) is 22.9 Å². The highest BCUT2D eigenvalue weighted by atomic mass is 32.2. The van der Waals surface area contributed by atoms with Crippen molar-refractivity contribution in [3.63, 3.8) is 0 Å². The molecule has 0 atom stereocenters. The Kier molecular flexibility index (Phi) is 7.16. The van der Waals surface area contributed by atoms with E-state index >= 15 is 0 Å². The second-order valence-corrected chi connectivity index (χ2v) is 9.75. The van der Waals surface area contributed by atoms with E-state index in [2.05, 4.69) is 4.98 Å². The number of hydrogen-bond donors (Lipinski definition) is 0. The van der Waals surface area contributed by atoms with Crippen LogP contribution >= 0.6 is 24.0 Å². The fourth-order valence-corrected chi connectivity index (χ4v) is 4.99. The quantitative estimate of drug-likeness (QED) is 0.268. The van der Waals surface area contributed by atoms with Crippen LogP contribution in [0.15, 0.2) is 46.2 Å². The highest BCUT2D eigenvalue weighted by Gasteiger charge is 2.32. The van der Waals surface area contributed by atoms with E-state index in [4.69, 9.17) is 21.7 Å². The van der Waals surface area contributed by atoms with Crippen LogP contribution in [-0.4, -0.2) is 44.8 Å². The molecular weight excluding hydrogens is 470 g/mol. The molecule has 1 amide bonds. The third kappa shape index (κ3) is 4.77. The number of carbonyl (C=O) groups excluding carboxylic acids is 1. The molecule has 0 aliphatic carbocycles. The molecule has 0 bridgehead atoms. The van der Waals surface area contributed by atoms with Crippen LogP contribution < -0.4 is 10.3 Å². The summed E-state index contributed by atoms with van der Waals surface area (Å²) in [5.74, 6) is 0.505. The van der Waals surface area contributed by atoms with Crippen molar-refractivity contribution in [1.29, 1.82) is 0 Å². The van der Waals surface area contributed by atoms with E-state index in [1.165, 1.54) is 21.1 Å². The number of rotatable bonds is 7. The number of hydrogen-bond acceptors (Lipinski definition) is 7. The molecule has 34 heavy (non-hydrogen) atoms. The zero-order valence-electron chi connectivity index (χ0n) is 19.5. The highest BCUT2D eigenvalue weighted by molar-refractivity contribution is 8.26. The Bertz CT molecular complexity index is 1380. The summed E-state index contributed by atoms with van der Waals surface area (Å²) in [5, 5.41) is 0. The molecule has 1 aliphatic rings. The van der Waals surface area contributed by atoms with Crippen LogP contribution in [0.1, 0.15) is 28.7 Å². The molecule has 0 unspecified atom stereocenters. The van der Waals surface area contributed by atoms with Crippen LogP contribution in [0.4, 0.5) is 0 Å². The average Bonchev–Trinajstić information content (AvgIpc) is 3.06. The number of nitrogens with zero attached hydrogens (tertiary/aromatic N) is 3. The summed E-state index contributed by atoms with van der Waals surface area (Å²) in [7, 11) is 1.61. The number of aryl methyl sites for hydroxylation is 3. The number of benzene rings is 1. The van der Waals surface area contributed by atoms with Gasteiger partial charge in [-0.15, -0.1) is 0 Å². The maximum absolute atomic E-state index is 13.5. The largest absolute Gasteiger partial charge is 0.438 e. The zero-order valence-corrected chi connectivity index (χ0v) is 21.1. The maximum atomic E-state index is 13.5. The maximum Gasteiger partial charge on any atom is 0.269 e. The fourth-order valence-electron chi connectivity index (χ4n) is 3.70. The molecule has 0 radical (unpaired) electrons. The Labute approximate surface area is 207 Å². The van der Waals surface area contributed by atoms with E-state index in [1.807, 2.05) is 45.0 Å². The zero-order chi connectivity index (χ0) is 24.4. The van der Waals surface area contributed by atoms with Crippen LogP contribution in [0.5, 0.6) is 11.6 Å². The lowest BCUT2D eigenvalue weighted by Crippen LogP contribution is -2.29. The van der Waals surface area contributed by atoms with E-state index in [1.54, 1.807) is 25.4 Å². The first-order chi connectivity index (χ1) is 16.3. The molecular formula is C25H25N3O4S2. The number of pyridine rings is 1. The fraction of sp³-hybridized carbons (Fsp3) is 0.280. The second-order valence-electron chi connectivity index (χ2n) is 8.07. The van der Waals surface area contributed by atoms with Gasteiger partial charge in [-0.3, -0.25) is 18.9 Å². The van der Waals surface area contributed by atoms with Gasteiger partial charge in [-0.1, -0.05) is 47.7 Å². The van der Waals surface area contributed by atoms with Crippen molar-refractivity contribution in [3.8, 4) is 11.6 Å². The molecule has 1 aliphatic heterocycles. The number of fused-ring (bicyclic) bond motifs is 1. The normalized spacial score (nSPS) is 15.1. The first-order valence-corrected chi connectivity index (χ1v) is 12.0. The molecule has 176 valence electrons. The molecule has 4 rings (SSSR count). The first-order valence-electron chi connectivity index (χ1n) is 10.8. The van der Waals surface area contributed by atoms with Crippen molar-refractivity contribution in [2.24, 2.45) is 0 Å².